The van der Waals surface area contributed by atoms with E-state index < -0.39 is 12.0 Å². The lowest BCUT2D eigenvalue weighted by molar-refractivity contribution is -0.140. The van der Waals surface area contributed by atoms with E-state index in [-0.39, 0.29) is 11.8 Å². The highest BCUT2D eigenvalue weighted by Gasteiger charge is 2.47. The van der Waals surface area contributed by atoms with Crippen molar-refractivity contribution in [2.45, 2.75) is 17.9 Å². The topological polar surface area (TPSA) is 88.3 Å². The van der Waals surface area contributed by atoms with Crippen LogP contribution in [0.1, 0.15) is 12.1 Å². The molecule has 2 heterocycles. The third-order valence-electron chi connectivity index (χ3n) is 2.96. The van der Waals surface area contributed by atoms with E-state index in [4.69, 9.17) is 15.6 Å². The Bertz CT molecular complexity index is 344. The van der Waals surface area contributed by atoms with Gasteiger partial charge in [0.15, 0.2) is 0 Å². The van der Waals surface area contributed by atoms with Gasteiger partial charge >= 0.3 is 5.97 Å². The zero-order chi connectivity index (χ0) is 10.9. The van der Waals surface area contributed by atoms with Gasteiger partial charge in [-0.3, -0.25) is 4.79 Å². The number of nitrogens with two attached hydrogens (primary N) is 1. The van der Waals surface area contributed by atoms with Gasteiger partial charge in [-0.25, -0.2) is 0 Å². The zero-order valence-electron chi connectivity index (χ0n) is 8.27. The minimum atomic E-state index is -0.875. The molecule has 1 saturated heterocycles. The minimum absolute atomic E-state index is 0.0393. The molecule has 0 bridgehead atoms. The predicted molar refractivity (Wildman–Crippen MR) is 53.5 cm³/mol. The Morgan fingerprint density at radius 1 is 1.73 bits per heavy atom. The molecule has 1 aliphatic rings. The number of nitrogens with one attached hydrogen (secondary N) is 1. The van der Waals surface area contributed by atoms with Gasteiger partial charge in [0.05, 0.1) is 25.0 Å². The fraction of sp³-hybridized carbons (Fsp3) is 0.500. The highest BCUT2D eigenvalue weighted by molar-refractivity contribution is 5.68. The molecular weight excluding hydrogens is 196 g/mol. The normalized spacial score (nSPS) is 20.6. The number of carboxylic acids is 1. The number of H-pyrrole nitrogens is 1. The third-order valence-corrected chi connectivity index (χ3v) is 2.96. The molecule has 0 saturated carbocycles. The molecule has 15 heavy (non-hydrogen) atoms. The zero-order valence-corrected chi connectivity index (χ0v) is 8.27. The summed E-state index contributed by atoms with van der Waals surface area (Å²) in [4.78, 5) is 13.7. The maximum Gasteiger partial charge on any atom is 0.304 e. The van der Waals surface area contributed by atoms with Crippen molar-refractivity contribution < 1.29 is 14.6 Å². The lowest BCUT2D eigenvalue weighted by Crippen LogP contribution is -2.59. The summed E-state index contributed by atoms with van der Waals surface area (Å²) in [5, 5.41) is 8.73. The third kappa shape index (κ3) is 1.64. The Balaban J connectivity index is 2.18. The summed E-state index contributed by atoms with van der Waals surface area (Å²) >= 11 is 0. The van der Waals surface area contributed by atoms with E-state index >= 15 is 0 Å². The fourth-order valence-corrected chi connectivity index (χ4v) is 1.91. The van der Waals surface area contributed by atoms with Crippen molar-refractivity contribution in [3.05, 3.63) is 24.0 Å². The Labute approximate surface area is 87.2 Å². The number of carbonyl (C=O) groups is 1. The lowest BCUT2D eigenvalue weighted by atomic mass is 9.74. The molecule has 5 heteroatoms. The number of aromatic nitrogens is 1. The van der Waals surface area contributed by atoms with Crippen LogP contribution in [-0.2, 0) is 14.9 Å². The second kappa shape index (κ2) is 3.67. The number of hydrogen-bond donors (Lipinski definition) is 3. The van der Waals surface area contributed by atoms with Crippen LogP contribution in [0, 0.1) is 0 Å². The van der Waals surface area contributed by atoms with Crippen molar-refractivity contribution >= 4 is 5.97 Å². The molecule has 0 aromatic carbocycles. The molecule has 2 rings (SSSR count). The van der Waals surface area contributed by atoms with Crippen molar-refractivity contribution in [3.63, 3.8) is 0 Å². The van der Waals surface area contributed by atoms with Crippen LogP contribution < -0.4 is 5.73 Å². The number of aliphatic carboxylic acids is 1. The molecule has 0 aliphatic carbocycles. The first-order chi connectivity index (χ1) is 7.15. The fourth-order valence-electron chi connectivity index (χ4n) is 1.91. The van der Waals surface area contributed by atoms with Crippen LogP contribution in [0.4, 0.5) is 0 Å². The molecule has 4 N–H and O–H groups in total. The van der Waals surface area contributed by atoms with Crippen LogP contribution >= 0.6 is 0 Å². The van der Waals surface area contributed by atoms with E-state index in [0.717, 1.165) is 5.69 Å². The number of aromatic amines is 1. The van der Waals surface area contributed by atoms with Gasteiger partial charge in [-0.1, -0.05) is 0 Å². The number of ether oxygens (including phenoxy) is 1. The van der Waals surface area contributed by atoms with Gasteiger partial charge in [0, 0.05) is 17.9 Å². The predicted octanol–water partition coefficient (Wildman–Crippen LogP) is 0.0847. The van der Waals surface area contributed by atoms with Crippen molar-refractivity contribution in [1.82, 2.24) is 4.98 Å². The first kappa shape index (κ1) is 10.2. The van der Waals surface area contributed by atoms with Crippen LogP contribution in [0.15, 0.2) is 18.3 Å². The van der Waals surface area contributed by atoms with E-state index in [0.29, 0.717) is 13.2 Å². The summed E-state index contributed by atoms with van der Waals surface area (Å²) in [5.74, 6) is -0.875. The summed E-state index contributed by atoms with van der Waals surface area (Å²) in [6, 6.07) is 3.38. The van der Waals surface area contributed by atoms with E-state index in [1.54, 1.807) is 0 Å². The van der Waals surface area contributed by atoms with E-state index in [2.05, 4.69) is 4.98 Å². The monoisotopic (exact) mass is 210 g/mol. The van der Waals surface area contributed by atoms with Gasteiger partial charge in [-0.2, -0.15) is 0 Å². The van der Waals surface area contributed by atoms with Crippen LogP contribution in [0.2, 0.25) is 0 Å². The Morgan fingerprint density at radius 2 is 2.47 bits per heavy atom. The summed E-state index contributed by atoms with van der Waals surface area (Å²) in [6.07, 6.45) is 1.77. The van der Waals surface area contributed by atoms with Crippen LogP contribution in [-0.4, -0.2) is 35.3 Å². The highest BCUT2D eigenvalue weighted by atomic mass is 16.5. The standard InChI is InChI=1S/C10H14N2O3/c11-7(4-9(13)14)10(5-15-6-10)8-2-1-3-12-8/h1-3,7,12H,4-6,11H2,(H,13,14). The second-order valence-electron chi connectivity index (χ2n) is 3.94. The van der Waals surface area contributed by atoms with Gasteiger partial charge in [-0.15, -0.1) is 0 Å². The first-order valence-corrected chi connectivity index (χ1v) is 4.84. The molecule has 5 nitrogen and oxygen atoms in total. The maximum atomic E-state index is 10.6. The molecule has 82 valence electrons. The van der Waals surface area contributed by atoms with E-state index in [1.165, 1.54) is 0 Å². The van der Waals surface area contributed by atoms with Crippen molar-refractivity contribution in [2.24, 2.45) is 5.73 Å². The Hall–Kier alpha value is -1.33. The molecule has 1 aromatic rings. The SMILES string of the molecule is NC(CC(=O)O)C1(c2ccc[nH]2)COC1. The van der Waals surface area contributed by atoms with Crippen molar-refractivity contribution in [3.8, 4) is 0 Å². The molecule has 1 aliphatic heterocycles. The van der Waals surface area contributed by atoms with Gasteiger partial charge in [0.1, 0.15) is 0 Å². The molecule has 0 radical (unpaired) electrons. The van der Waals surface area contributed by atoms with Crippen LogP contribution in [0.5, 0.6) is 0 Å². The summed E-state index contributed by atoms with van der Waals surface area (Å²) in [5.41, 5.74) is 6.54. The molecular formula is C10H14N2O3. The largest absolute Gasteiger partial charge is 0.481 e. The summed E-state index contributed by atoms with van der Waals surface area (Å²) in [6.45, 7) is 0.976. The first-order valence-electron chi connectivity index (χ1n) is 4.84. The van der Waals surface area contributed by atoms with Gasteiger partial charge < -0.3 is 20.6 Å². The molecule has 1 atom stereocenters. The second-order valence-corrected chi connectivity index (χ2v) is 3.94. The number of rotatable bonds is 4. The molecule has 0 amide bonds. The van der Waals surface area contributed by atoms with Gasteiger partial charge in [0.2, 0.25) is 0 Å². The molecule has 1 aromatic heterocycles. The minimum Gasteiger partial charge on any atom is -0.481 e. The number of hydrogen-bond acceptors (Lipinski definition) is 3. The smallest absolute Gasteiger partial charge is 0.304 e. The van der Waals surface area contributed by atoms with Crippen LogP contribution in [0.25, 0.3) is 0 Å². The van der Waals surface area contributed by atoms with Crippen molar-refractivity contribution in [1.29, 1.82) is 0 Å². The average molecular weight is 210 g/mol. The molecule has 1 fully saturated rings. The van der Waals surface area contributed by atoms with Gasteiger partial charge in [-0.05, 0) is 12.1 Å². The lowest BCUT2D eigenvalue weighted by Gasteiger charge is -2.44. The van der Waals surface area contributed by atoms with Crippen molar-refractivity contribution in [2.75, 3.05) is 13.2 Å². The molecule has 1 unspecified atom stereocenters. The van der Waals surface area contributed by atoms with E-state index in [9.17, 15) is 4.79 Å². The Morgan fingerprint density at radius 3 is 2.87 bits per heavy atom. The number of carboxylic acid groups (broad SMARTS) is 1. The quantitative estimate of drug-likeness (QED) is 0.657. The maximum absolute atomic E-state index is 10.6. The van der Waals surface area contributed by atoms with E-state index in [1.807, 2.05) is 18.3 Å². The summed E-state index contributed by atoms with van der Waals surface area (Å²) < 4.78 is 5.17. The average Bonchev–Trinajstić information content (AvgIpc) is 2.53. The van der Waals surface area contributed by atoms with Gasteiger partial charge in [0.25, 0.3) is 0 Å². The highest BCUT2D eigenvalue weighted by Crippen LogP contribution is 2.35. The van der Waals surface area contributed by atoms with Crippen LogP contribution in [0.3, 0.4) is 0 Å². The Kier molecular flexibility index (Phi) is 2.50. The summed E-state index contributed by atoms with van der Waals surface area (Å²) in [7, 11) is 0. The molecule has 0 spiro atoms.